The zero-order chi connectivity index (χ0) is 26.5. The molecule has 3 aromatic rings. The molecule has 0 radical (unpaired) electrons. The highest BCUT2D eigenvalue weighted by molar-refractivity contribution is 7.09. The third kappa shape index (κ3) is 6.46. The SMILES string of the molecule is CC(C)c1ccc(NC(=O)N(Cc2nc(C(=O)N3CCN(c4ccccc4F)CC3)cs2)C(C)C)cc1. The zero-order valence-corrected chi connectivity index (χ0v) is 22.6. The van der Waals surface area contributed by atoms with E-state index in [-0.39, 0.29) is 23.8 Å². The Hall–Kier alpha value is -3.46. The molecule has 2 heterocycles. The van der Waals surface area contributed by atoms with E-state index in [1.807, 2.05) is 49.1 Å². The van der Waals surface area contributed by atoms with Crippen LogP contribution < -0.4 is 10.2 Å². The summed E-state index contributed by atoms with van der Waals surface area (Å²) >= 11 is 1.38. The molecule has 0 saturated carbocycles. The molecule has 1 aliphatic rings. The maximum atomic E-state index is 14.1. The molecule has 1 fully saturated rings. The number of aromatic nitrogens is 1. The molecule has 0 bridgehead atoms. The average Bonchev–Trinajstić information content (AvgIpc) is 3.36. The third-order valence-corrected chi connectivity index (χ3v) is 7.38. The van der Waals surface area contributed by atoms with Crippen molar-refractivity contribution in [1.29, 1.82) is 0 Å². The second kappa shape index (κ2) is 11.7. The minimum absolute atomic E-state index is 0.0514. The summed E-state index contributed by atoms with van der Waals surface area (Å²) in [4.78, 5) is 36.1. The van der Waals surface area contributed by atoms with Crippen LogP contribution in [0.25, 0.3) is 0 Å². The smallest absolute Gasteiger partial charge is 0.322 e. The van der Waals surface area contributed by atoms with Crippen molar-refractivity contribution in [3.05, 3.63) is 76.0 Å². The van der Waals surface area contributed by atoms with Crippen molar-refractivity contribution in [2.45, 2.75) is 46.2 Å². The van der Waals surface area contributed by atoms with Gasteiger partial charge in [-0.25, -0.2) is 14.2 Å². The number of rotatable bonds is 7. The summed E-state index contributed by atoms with van der Waals surface area (Å²) < 4.78 is 14.1. The summed E-state index contributed by atoms with van der Waals surface area (Å²) in [6.45, 7) is 10.6. The van der Waals surface area contributed by atoms with Crippen LogP contribution in [0.2, 0.25) is 0 Å². The quantitative estimate of drug-likeness (QED) is 0.424. The number of hydrogen-bond donors (Lipinski definition) is 1. The van der Waals surface area contributed by atoms with Crippen LogP contribution in [-0.4, -0.2) is 58.9 Å². The molecule has 3 amide bonds. The van der Waals surface area contributed by atoms with Crippen molar-refractivity contribution in [3.63, 3.8) is 0 Å². The maximum absolute atomic E-state index is 14.1. The van der Waals surface area contributed by atoms with E-state index in [2.05, 4.69) is 24.1 Å². The van der Waals surface area contributed by atoms with Gasteiger partial charge in [-0.1, -0.05) is 38.1 Å². The largest absolute Gasteiger partial charge is 0.366 e. The first-order valence-corrected chi connectivity index (χ1v) is 13.5. The number of benzene rings is 2. The van der Waals surface area contributed by atoms with Gasteiger partial charge in [0.15, 0.2) is 0 Å². The number of hydrogen-bond acceptors (Lipinski definition) is 5. The Labute approximate surface area is 221 Å². The van der Waals surface area contributed by atoms with E-state index in [9.17, 15) is 14.0 Å². The van der Waals surface area contributed by atoms with E-state index in [0.29, 0.717) is 55.0 Å². The monoisotopic (exact) mass is 523 g/mol. The fraction of sp³-hybridized carbons (Fsp3) is 0.393. The van der Waals surface area contributed by atoms with Gasteiger partial charge in [-0.15, -0.1) is 11.3 Å². The topological polar surface area (TPSA) is 68.8 Å². The fourth-order valence-corrected chi connectivity index (χ4v) is 5.05. The first kappa shape index (κ1) is 26.6. The summed E-state index contributed by atoms with van der Waals surface area (Å²) in [5.41, 5.74) is 2.90. The van der Waals surface area contributed by atoms with Crippen LogP contribution in [0.4, 0.5) is 20.6 Å². The molecule has 196 valence electrons. The van der Waals surface area contributed by atoms with Crippen molar-refractivity contribution < 1.29 is 14.0 Å². The second-order valence-corrected chi connectivity index (χ2v) is 10.7. The lowest BCUT2D eigenvalue weighted by Gasteiger charge is -2.35. The van der Waals surface area contributed by atoms with Crippen molar-refractivity contribution in [2.24, 2.45) is 0 Å². The Bertz CT molecular complexity index is 1220. The summed E-state index contributed by atoms with van der Waals surface area (Å²) in [6.07, 6.45) is 0. The molecule has 0 spiro atoms. The van der Waals surface area contributed by atoms with Crippen molar-refractivity contribution in [3.8, 4) is 0 Å². The summed E-state index contributed by atoms with van der Waals surface area (Å²) in [5, 5.41) is 5.42. The first-order chi connectivity index (χ1) is 17.7. The Morgan fingerprint density at radius 1 is 1.03 bits per heavy atom. The number of carbonyl (C=O) groups is 2. The number of nitrogens with zero attached hydrogens (tertiary/aromatic N) is 4. The predicted octanol–water partition coefficient (Wildman–Crippen LogP) is 5.81. The summed E-state index contributed by atoms with van der Waals surface area (Å²) in [5.74, 6) is 0.0358. The van der Waals surface area contributed by atoms with Crippen LogP contribution in [-0.2, 0) is 6.54 Å². The Morgan fingerprint density at radius 2 is 1.70 bits per heavy atom. The molecule has 1 aromatic heterocycles. The third-order valence-electron chi connectivity index (χ3n) is 6.55. The maximum Gasteiger partial charge on any atom is 0.322 e. The van der Waals surface area contributed by atoms with Gasteiger partial charge in [0.25, 0.3) is 5.91 Å². The number of amides is 3. The lowest BCUT2D eigenvalue weighted by Crippen LogP contribution is -2.49. The number of para-hydroxylation sites is 1. The van der Waals surface area contributed by atoms with Crippen molar-refractivity contribution in [2.75, 3.05) is 36.4 Å². The average molecular weight is 524 g/mol. The van der Waals surface area contributed by atoms with E-state index in [1.165, 1.54) is 23.0 Å². The summed E-state index contributed by atoms with van der Waals surface area (Å²) in [7, 11) is 0. The molecule has 7 nitrogen and oxygen atoms in total. The Morgan fingerprint density at radius 3 is 2.32 bits per heavy atom. The normalized spacial score (nSPS) is 13.8. The lowest BCUT2D eigenvalue weighted by atomic mass is 10.0. The minimum Gasteiger partial charge on any atom is -0.366 e. The van der Waals surface area contributed by atoms with Crippen LogP contribution in [0.15, 0.2) is 53.9 Å². The number of carbonyl (C=O) groups excluding carboxylic acids is 2. The fourth-order valence-electron chi connectivity index (χ4n) is 4.28. The Balaban J connectivity index is 1.35. The molecular formula is C28H34FN5O2S. The van der Waals surface area contributed by atoms with Gasteiger partial charge in [-0.3, -0.25) is 4.79 Å². The van der Waals surface area contributed by atoms with Crippen molar-refractivity contribution in [1.82, 2.24) is 14.8 Å². The van der Waals surface area contributed by atoms with Crippen LogP contribution in [0.3, 0.4) is 0 Å². The predicted molar refractivity (Wildman–Crippen MR) is 147 cm³/mol. The van der Waals surface area contributed by atoms with Crippen LogP contribution >= 0.6 is 11.3 Å². The van der Waals surface area contributed by atoms with E-state index in [0.717, 1.165) is 5.69 Å². The molecule has 1 N–H and O–H groups in total. The van der Waals surface area contributed by atoms with Gasteiger partial charge in [0.1, 0.15) is 16.5 Å². The number of thiazole rings is 1. The first-order valence-electron chi connectivity index (χ1n) is 12.6. The molecule has 37 heavy (non-hydrogen) atoms. The lowest BCUT2D eigenvalue weighted by molar-refractivity contribution is 0.0741. The number of halogens is 1. The van der Waals surface area contributed by atoms with E-state index in [1.54, 1.807) is 27.3 Å². The van der Waals surface area contributed by atoms with Gasteiger partial charge < -0.3 is 20.0 Å². The van der Waals surface area contributed by atoms with Crippen LogP contribution in [0.5, 0.6) is 0 Å². The van der Waals surface area contributed by atoms with Gasteiger partial charge in [0.05, 0.1) is 12.2 Å². The molecular weight excluding hydrogens is 489 g/mol. The number of nitrogens with one attached hydrogen (secondary N) is 1. The zero-order valence-electron chi connectivity index (χ0n) is 21.8. The number of piperazine rings is 1. The molecule has 2 aromatic carbocycles. The Kier molecular flexibility index (Phi) is 8.43. The van der Waals surface area contributed by atoms with Gasteiger partial charge in [-0.05, 0) is 49.6 Å². The highest BCUT2D eigenvalue weighted by atomic mass is 32.1. The number of anilines is 2. The number of urea groups is 1. The molecule has 0 aliphatic carbocycles. The van der Waals surface area contributed by atoms with Crippen LogP contribution in [0.1, 0.15) is 54.7 Å². The highest BCUT2D eigenvalue weighted by Gasteiger charge is 2.26. The molecule has 1 saturated heterocycles. The molecule has 0 unspecified atom stereocenters. The molecule has 0 atom stereocenters. The molecule has 1 aliphatic heterocycles. The second-order valence-electron chi connectivity index (χ2n) is 9.79. The van der Waals surface area contributed by atoms with Crippen molar-refractivity contribution >= 4 is 34.6 Å². The van der Waals surface area contributed by atoms with E-state index < -0.39 is 0 Å². The van der Waals surface area contributed by atoms with E-state index >= 15 is 0 Å². The highest BCUT2D eigenvalue weighted by Crippen LogP contribution is 2.22. The standard InChI is InChI=1S/C28H34FN5O2S/c1-19(2)21-9-11-22(12-10-21)30-28(36)34(20(3)4)17-26-31-24(18-37-26)27(35)33-15-13-32(14-16-33)25-8-6-5-7-23(25)29/h5-12,18-20H,13-17H2,1-4H3,(H,30,36). The van der Waals surface area contributed by atoms with Gasteiger partial charge in [0.2, 0.25) is 0 Å². The van der Waals surface area contributed by atoms with E-state index in [4.69, 9.17) is 0 Å². The van der Waals surface area contributed by atoms with Gasteiger partial charge in [0, 0.05) is 43.3 Å². The van der Waals surface area contributed by atoms with Gasteiger partial charge >= 0.3 is 6.03 Å². The minimum atomic E-state index is -0.252. The van der Waals surface area contributed by atoms with Crippen LogP contribution in [0, 0.1) is 5.82 Å². The molecule has 4 rings (SSSR count). The molecule has 9 heteroatoms. The van der Waals surface area contributed by atoms with Gasteiger partial charge in [-0.2, -0.15) is 0 Å². The summed E-state index contributed by atoms with van der Waals surface area (Å²) in [6, 6.07) is 14.3.